The summed E-state index contributed by atoms with van der Waals surface area (Å²) in [5.74, 6) is 1.41. The molecule has 6 aliphatic rings. The standard InChI is InChI=1S/C44H45NO/c1-43(29-34(32-17-7-3-8-18-32)27-35(30-43)33-19-9-4-10-20-33)44(2)31-38(28-40-39-25-15-16-26-41(39)46-42(40)44)45(36-21-11-5-12-22-36)37-23-13-6-14-24-37/h3-5,7-13,15-19,21,23-28,30,33,36,38,42H,6,14,20,22,29,31H2,1-2H3. The Bertz CT molecular complexity index is 1780. The minimum absolute atomic E-state index is 0.0138. The van der Waals surface area contributed by atoms with Crippen LogP contribution in [0.15, 0.2) is 151 Å². The summed E-state index contributed by atoms with van der Waals surface area (Å²) >= 11 is 0. The first-order chi connectivity index (χ1) is 22.5. The van der Waals surface area contributed by atoms with E-state index in [0.717, 1.165) is 44.3 Å². The number of ether oxygens (including phenoxy) is 1. The van der Waals surface area contributed by atoms with Gasteiger partial charge in [0.15, 0.2) is 0 Å². The van der Waals surface area contributed by atoms with Crippen LogP contribution in [0.25, 0.3) is 11.1 Å². The van der Waals surface area contributed by atoms with Crippen molar-refractivity contribution in [2.75, 3.05) is 0 Å². The maximum Gasteiger partial charge on any atom is 0.130 e. The summed E-state index contributed by atoms with van der Waals surface area (Å²) in [5.41, 5.74) is 7.86. The molecule has 6 atom stereocenters. The lowest BCUT2D eigenvalue weighted by molar-refractivity contribution is -0.0103. The Hall–Kier alpha value is -4.30. The Morgan fingerprint density at radius 1 is 0.804 bits per heavy atom. The van der Waals surface area contributed by atoms with Gasteiger partial charge >= 0.3 is 0 Å². The molecule has 0 aromatic heterocycles. The summed E-state index contributed by atoms with van der Waals surface area (Å²) in [5, 5.41) is 0. The molecule has 1 aliphatic heterocycles. The minimum atomic E-state index is -0.181. The van der Waals surface area contributed by atoms with E-state index in [0.29, 0.717) is 12.0 Å². The highest BCUT2D eigenvalue weighted by Crippen LogP contribution is 2.62. The number of nitrogens with zero attached hydrogens (tertiary/aromatic N) is 1. The monoisotopic (exact) mass is 603 g/mol. The fraction of sp³-hybridized carbons (Fsp3) is 0.318. The second-order valence-corrected chi connectivity index (χ2v) is 14.4. The van der Waals surface area contributed by atoms with Gasteiger partial charge in [-0.15, -0.1) is 0 Å². The summed E-state index contributed by atoms with van der Waals surface area (Å²) in [6.45, 7) is 5.08. The molecule has 8 rings (SSSR count). The third-order valence-corrected chi connectivity index (χ3v) is 11.5. The first-order valence-corrected chi connectivity index (χ1v) is 17.3. The van der Waals surface area contributed by atoms with E-state index in [1.807, 2.05) is 0 Å². The van der Waals surface area contributed by atoms with Crippen molar-refractivity contribution in [1.82, 2.24) is 4.90 Å². The topological polar surface area (TPSA) is 12.5 Å². The fourth-order valence-corrected chi connectivity index (χ4v) is 8.86. The van der Waals surface area contributed by atoms with E-state index in [1.165, 1.54) is 33.5 Å². The van der Waals surface area contributed by atoms with Gasteiger partial charge in [0.25, 0.3) is 0 Å². The Balaban J connectivity index is 1.28. The average Bonchev–Trinajstić information content (AvgIpc) is 3.49. The Morgan fingerprint density at radius 3 is 2.37 bits per heavy atom. The number of rotatable bonds is 6. The van der Waals surface area contributed by atoms with Crippen molar-refractivity contribution in [1.29, 1.82) is 0 Å². The van der Waals surface area contributed by atoms with Crippen molar-refractivity contribution < 1.29 is 4.74 Å². The summed E-state index contributed by atoms with van der Waals surface area (Å²) in [6.07, 6.45) is 39.5. The molecule has 232 valence electrons. The zero-order valence-corrected chi connectivity index (χ0v) is 27.2. The molecule has 46 heavy (non-hydrogen) atoms. The molecule has 6 unspecified atom stereocenters. The lowest BCUT2D eigenvalue weighted by Crippen LogP contribution is -2.55. The predicted octanol–water partition coefficient (Wildman–Crippen LogP) is 10.6. The van der Waals surface area contributed by atoms with Crippen LogP contribution in [-0.4, -0.2) is 23.1 Å². The van der Waals surface area contributed by atoms with Crippen LogP contribution in [-0.2, 0) is 0 Å². The van der Waals surface area contributed by atoms with Crippen LogP contribution in [0.5, 0.6) is 5.75 Å². The summed E-state index contributed by atoms with van der Waals surface area (Å²) in [4.78, 5) is 2.73. The molecule has 0 saturated carbocycles. The van der Waals surface area contributed by atoms with E-state index in [4.69, 9.17) is 4.74 Å². The first kappa shape index (κ1) is 29.1. The maximum atomic E-state index is 7.07. The van der Waals surface area contributed by atoms with E-state index in [2.05, 4.69) is 158 Å². The third-order valence-electron chi connectivity index (χ3n) is 11.5. The molecule has 0 amide bonds. The van der Waals surface area contributed by atoms with Gasteiger partial charge in [0.2, 0.25) is 0 Å². The Labute approximate surface area is 275 Å². The minimum Gasteiger partial charge on any atom is -0.484 e. The second-order valence-electron chi connectivity index (χ2n) is 14.4. The molecule has 2 nitrogen and oxygen atoms in total. The highest BCUT2D eigenvalue weighted by molar-refractivity contribution is 5.80. The van der Waals surface area contributed by atoms with Crippen LogP contribution in [0.1, 0.15) is 63.5 Å². The van der Waals surface area contributed by atoms with Gasteiger partial charge in [-0.2, -0.15) is 0 Å². The number of hydrogen-bond donors (Lipinski definition) is 0. The highest BCUT2D eigenvalue weighted by atomic mass is 16.5. The van der Waals surface area contributed by atoms with Crippen molar-refractivity contribution >= 4 is 11.1 Å². The molecule has 2 heteroatoms. The van der Waals surface area contributed by atoms with Crippen molar-refractivity contribution in [3.63, 3.8) is 0 Å². The van der Waals surface area contributed by atoms with Crippen molar-refractivity contribution in [2.45, 2.75) is 70.6 Å². The molecule has 1 heterocycles. The number of hydrogen-bond acceptors (Lipinski definition) is 2. The lowest BCUT2D eigenvalue weighted by atomic mass is 9.52. The van der Waals surface area contributed by atoms with Crippen LogP contribution in [0.3, 0.4) is 0 Å². The maximum absolute atomic E-state index is 7.07. The van der Waals surface area contributed by atoms with E-state index < -0.39 is 0 Å². The van der Waals surface area contributed by atoms with E-state index in [1.54, 1.807) is 0 Å². The zero-order valence-electron chi connectivity index (χ0n) is 27.2. The number of fused-ring (bicyclic) bond motifs is 3. The quantitative estimate of drug-likeness (QED) is 0.326. The smallest absolute Gasteiger partial charge is 0.130 e. The molecule has 5 aliphatic carbocycles. The van der Waals surface area contributed by atoms with E-state index >= 15 is 0 Å². The number of para-hydroxylation sites is 1. The van der Waals surface area contributed by atoms with Gasteiger partial charge in [-0.05, 0) is 72.8 Å². The van der Waals surface area contributed by atoms with Gasteiger partial charge in [0, 0.05) is 34.2 Å². The zero-order chi connectivity index (χ0) is 31.1. The van der Waals surface area contributed by atoms with Gasteiger partial charge in [-0.1, -0.05) is 141 Å². The second kappa shape index (κ2) is 11.8. The van der Waals surface area contributed by atoms with E-state index in [-0.39, 0.29) is 23.0 Å². The lowest BCUT2D eigenvalue weighted by Gasteiger charge is -2.55. The molecule has 0 bridgehead atoms. The number of allylic oxidation sites excluding steroid dienone is 13. The van der Waals surface area contributed by atoms with Crippen molar-refractivity contribution in [3.05, 3.63) is 162 Å². The SMILES string of the molecule is CC1(C2(C)CC(N(C3=CCCC=C3)C3C=CC=CC3)C=C3c4ccccc4OC32)C=C(C2C=CC=CC2)C=C(c2ccccc2)C1. The van der Waals surface area contributed by atoms with Gasteiger partial charge < -0.3 is 9.64 Å². The van der Waals surface area contributed by atoms with Gasteiger partial charge in [0.1, 0.15) is 11.9 Å². The summed E-state index contributed by atoms with van der Waals surface area (Å²) in [6, 6.07) is 20.4. The highest BCUT2D eigenvalue weighted by Gasteiger charge is 2.57. The van der Waals surface area contributed by atoms with E-state index in [9.17, 15) is 0 Å². The predicted molar refractivity (Wildman–Crippen MR) is 192 cm³/mol. The van der Waals surface area contributed by atoms with Crippen LogP contribution in [0.4, 0.5) is 0 Å². The molecule has 0 saturated heterocycles. The van der Waals surface area contributed by atoms with Crippen molar-refractivity contribution in [2.24, 2.45) is 16.7 Å². The molecule has 2 aromatic rings. The molecular weight excluding hydrogens is 558 g/mol. The largest absolute Gasteiger partial charge is 0.484 e. The average molecular weight is 604 g/mol. The van der Waals surface area contributed by atoms with Gasteiger partial charge in [0.05, 0.1) is 6.04 Å². The molecular formula is C44H45NO. The van der Waals surface area contributed by atoms with Gasteiger partial charge in [-0.25, -0.2) is 0 Å². The normalized spacial score (nSPS) is 32.5. The fourth-order valence-electron chi connectivity index (χ4n) is 8.86. The molecule has 2 aromatic carbocycles. The number of benzene rings is 2. The van der Waals surface area contributed by atoms with Crippen LogP contribution in [0.2, 0.25) is 0 Å². The molecule has 0 radical (unpaired) electrons. The third kappa shape index (κ3) is 5.03. The van der Waals surface area contributed by atoms with Crippen LogP contribution in [0, 0.1) is 16.7 Å². The summed E-state index contributed by atoms with van der Waals surface area (Å²) in [7, 11) is 0. The van der Waals surface area contributed by atoms with Crippen LogP contribution < -0.4 is 4.74 Å². The van der Waals surface area contributed by atoms with Gasteiger partial charge in [-0.3, -0.25) is 0 Å². The first-order valence-electron chi connectivity index (χ1n) is 17.3. The molecule has 0 spiro atoms. The molecule has 0 fully saturated rings. The Morgan fingerprint density at radius 2 is 1.61 bits per heavy atom. The Kier molecular flexibility index (Phi) is 7.48. The van der Waals surface area contributed by atoms with Crippen molar-refractivity contribution in [3.8, 4) is 5.75 Å². The summed E-state index contributed by atoms with van der Waals surface area (Å²) < 4.78 is 7.07. The molecule has 0 N–H and O–H groups in total. The van der Waals surface area contributed by atoms with Crippen LogP contribution >= 0.6 is 0 Å².